The molecule has 0 spiro atoms. The molecule has 0 saturated carbocycles. The van der Waals surface area contributed by atoms with Crippen LogP contribution in [0, 0.1) is 5.92 Å². The van der Waals surface area contributed by atoms with Crippen molar-refractivity contribution in [1.29, 1.82) is 0 Å². The number of anilines is 1. The molecule has 0 amide bonds. The Bertz CT molecular complexity index is 367. The van der Waals surface area contributed by atoms with Crippen LogP contribution in [0.3, 0.4) is 0 Å². The van der Waals surface area contributed by atoms with Crippen LogP contribution in [0.2, 0.25) is 5.02 Å². The highest BCUT2D eigenvalue weighted by Crippen LogP contribution is 2.20. The van der Waals surface area contributed by atoms with Gasteiger partial charge in [0.15, 0.2) is 0 Å². The van der Waals surface area contributed by atoms with Gasteiger partial charge in [0.2, 0.25) is 0 Å². The Labute approximate surface area is 115 Å². The van der Waals surface area contributed by atoms with Gasteiger partial charge in [-0.2, -0.15) is 0 Å². The van der Waals surface area contributed by atoms with Crippen LogP contribution in [-0.4, -0.2) is 31.1 Å². The Morgan fingerprint density at radius 3 is 2.94 bits per heavy atom. The summed E-state index contributed by atoms with van der Waals surface area (Å²) in [6.45, 7) is 6.93. The average Bonchev–Trinajstić information content (AvgIpc) is 2.57. The molecule has 2 rings (SSSR count). The van der Waals surface area contributed by atoms with Gasteiger partial charge in [-0.05, 0) is 50.4 Å². The number of halogens is 1. The summed E-state index contributed by atoms with van der Waals surface area (Å²) < 4.78 is 0. The predicted molar refractivity (Wildman–Crippen MR) is 79.4 cm³/mol. The Hall–Kier alpha value is -0.730. The molecule has 1 unspecified atom stereocenters. The molecule has 3 heteroatoms. The van der Waals surface area contributed by atoms with E-state index >= 15 is 0 Å². The molecule has 1 aliphatic heterocycles. The van der Waals surface area contributed by atoms with Crippen LogP contribution in [0.4, 0.5) is 5.69 Å². The van der Waals surface area contributed by atoms with E-state index in [9.17, 15) is 0 Å². The van der Waals surface area contributed by atoms with E-state index in [1.807, 2.05) is 24.3 Å². The molecule has 0 radical (unpaired) electrons. The maximum absolute atomic E-state index is 6.11. The van der Waals surface area contributed by atoms with Gasteiger partial charge < -0.3 is 10.2 Å². The lowest BCUT2D eigenvalue weighted by atomic mass is 10.0. The van der Waals surface area contributed by atoms with Gasteiger partial charge >= 0.3 is 0 Å². The third kappa shape index (κ3) is 4.18. The molecule has 1 fully saturated rings. The molecule has 1 saturated heterocycles. The summed E-state index contributed by atoms with van der Waals surface area (Å²) in [7, 11) is 0. The third-order valence-electron chi connectivity index (χ3n) is 3.73. The largest absolute Gasteiger partial charge is 0.383 e. The molecule has 1 N–H and O–H groups in total. The van der Waals surface area contributed by atoms with Crippen LogP contribution in [0.1, 0.15) is 26.2 Å². The minimum Gasteiger partial charge on any atom is -0.383 e. The van der Waals surface area contributed by atoms with Crippen LogP contribution in [0.15, 0.2) is 24.3 Å². The molecule has 100 valence electrons. The van der Waals surface area contributed by atoms with Crippen molar-refractivity contribution in [3.05, 3.63) is 29.3 Å². The highest BCUT2D eigenvalue weighted by molar-refractivity contribution is 6.33. The number of benzene rings is 1. The number of hydrogen-bond donors (Lipinski definition) is 1. The summed E-state index contributed by atoms with van der Waals surface area (Å²) in [5.74, 6) is 0.895. The fourth-order valence-corrected chi connectivity index (χ4v) is 2.70. The van der Waals surface area contributed by atoms with Crippen LogP contribution < -0.4 is 5.32 Å². The number of rotatable bonds is 4. The fourth-order valence-electron chi connectivity index (χ4n) is 2.50. The lowest BCUT2D eigenvalue weighted by Crippen LogP contribution is -2.30. The van der Waals surface area contributed by atoms with E-state index in [-0.39, 0.29) is 0 Å². The van der Waals surface area contributed by atoms with Crippen LogP contribution >= 0.6 is 11.6 Å². The smallest absolute Gasteiger partial charge is 0.0637 e. The molecule has 18 heavy (non-hydrogen) atoms. The van der Waals surface area contributed by atoms with E-state index in [4.69, 9.17) is 11.6 Å². The first-order valence-corrected chi connectivity index (χ1v) is 7.34. The number of likely N-dealkylation sites (tertiary alicyclic amines) is 1. The molecule has 0 aromatic heterocycles. The summed E-state index contributed by atoms with van der Waals surface area (Å²) in [5.41, 5.74) is 1.04. The second kappa shape index (κ2) is 7.01. The van der Waals surface area contributed by atoms with Gasteiger partial charge in [-0.1, -0.05) is 30.7 Å². The van der Waals surface area contributed by atoms with E-state index in [1.165, 1.54) is 32.4 Å². The zero-order chi connectivity index (χ0) is 12.8. The van der Waals surface area contributed by atoms with Gasteiger partial charge in [-0.15, -0.1) is 0 Å². The van der Waals surface area contributed by atoms with Crippen molar-refractivity contribution in [3.63, 3.8) is 0 Å². The molecule has 1 heterocycles. The first-order valence-electron chi connectivity index (χ1n) is 6.96. The second-order valence-electron chi connectivity index (χ2n) is 5.28. The molecule has 2 nitrogen and oxygen atoms in total. The third-order valence-corrected chi connectivity index (χ3v) is 4.06. The van der Waals surface area contributed by atoms with Crippen molar-refractivity contribution in [3.8, 4) is 0 Å². The quantitative estimate of drug-likeness (QED) is 0.890. The second-order valence-corrected chi connectivity index (χ2v) is 5.69. The molecule has 0 aliphatic carbocycles. The predicted octanol–water partition coefficient (Wildman–Crippen LogP) is 3.87. The summed E-state index contributed by atoms with van der Waals surface area (Å²) in [4.78, 5) is 2.56. The maximum Gasteiger partial charge on any atom is 0.0637 e. The van der Waals surface area contributed by atoms with Gasteiger partial charge in [0, 0.05) is 13.1 Å². The van der Waals surface area contributed by atoms with Gasteiger partial charge in [-0.25, -0.2) is 0 Å². The minimum absolute atomic E-state index is 0.807. The Balaban J connectivity index is 1.73. The lowest BCUT2D eigenvalue weighted by Gasteiger charge is -2.20. The highest BCUT2D eigenvalue weighted by atomic mass is 35.5. The van der Waals surface area contributed by atoms with Gasteiger partial charge in [0.25, 0.3) is 0 Å². The normalized spacial score (nSPS) is 21.6. The van der Waals surface area contributed by atoms with E-state index in [2.05, 4.69) is 17.1 Å². The zero-order valence-corrected chi connectivity index (χ0v) is 11.9. The summed E-state index contributed by atoms with van der Waals surface area (Å²) in [5, 5.41) is 4.23. The van der Waals surface area contributed by atoms with E-state index in [0.29, 0.717) is 0 Å². The molecule has 1 atom stereocenters. The van der Waals surface area contributed by atoms with Crippen molar-refractivity contribution in [2.45, 2.75) is 26.2 Å². The van der Waals surface area contributed by atoms with Crippen LogP contribution in [0.25, 0.3) is 0 Å². The molecular weight excluding hydrogens is 244 g/mol. The highest BCUT2D eigenvalue weighted by Gasteiger charge is 2.12. The van der Waals surface area contributed by atoms with E-state index in [1.54, 1.807) is 0 Å². The Morgan fingerprint density at radius 2 is 2.11 bits per heavy atom. The topological polar surface area (TPSA) is 15.3 Å². The van der Waals surface area contributed by atoms with Crippen LogP contribution in [-0.2, 0) is 0 Å². The van der Waals surface area contributed by atoms with Crippen molar-refractivity contribution in [1.82, 2.24) is 4.90 Å². The number of para-hydroxylation sites is 1. The molecule has 0 bridgehead atoms. The summed E-state index contributed by atoms with van der Waals surface area (Å²) in [6, 6.07) is 7.94. The SMILES string of the molecule is CC1CCCN(CCNc2ccccc2Cl)CC1. The lowest BCUT2D eigenvalue weighted by molar-refractivity contribution is 0.292. The van der Waals surface area contributed by atoms with Crippen molar-refractivity contribution in [2.24, 2.45) is 5.92 Å². The molecule has 1 aromatic carbocycles. The zero-order valence-electron chi connectivity index (χ0n) is 11.2. The minimum atomic E-state index is 0.807. The number of nitrogens with zero attached hydrogens (tertiary/aromatic N) is 1. The summed E-state index contributed by atoms with van der Waals surface area (Å²) >= 11 is 6.11. The Morgan fingerprint density at radius 1 is 1.28 bits per heavy atom. The van der Waals surface area contributed by atoms with Gasteiger partial charge in [0.1, 0.15) is 0 Å². The summed E-state index contributed by atoms with van der Waals surface area (Å²) in [6.07, 6.45) is 4.06. The molecule has 1 aromatic rings. The standard InChI is InChI=1S/C15H23ClN2/c1-13-5-4-10-18(11-8-13)12-9-17-15-7-3-2-6-14(15)16/h2-3,6-7,13,17H,4-5,8-12H2,1H3. The monoisotopic (exact) mass is 266 g/mol. The maximum atomic E-state index is 6.11. The van der Waals surface area contributed by atoms with Crippen LogP contribution in [0.5, 0.6) is 0 Å². The van der Waals surface area contributed by atoms with Crippen molar-refractivity contribution < 1.29 is 0 Å². The average molecular weight is 267 g/mol. The first kappa shape index (κ1) is 13.7. The number of nitrogens with one attached hydrogen (secondary N) is 1. The fraction of sp³-hybridized carbons (Fsp3) is 0.600. The van der Waals surface area contributed by atoms with Gasteiger partial charge in [-0.3, -0.25) is 0 Å². The van der Waals surface area contributed by atoms with Crippen molar-refractivity contribution in [2.75, 3.05) is 31.5 Å². The molecular formula is C15H23ClN2. The molecule has 1 aliphatic rings. The van der Waals surface area contributed by atoms with E-state index < -0.39 is 0 Å². The first-order chi connectivity index (χ1) is 8.75. The van der Waals surface area contributed by atoms with Gasteiger partial charge in [0.05, 0.1) is 10.7 Å². The number of hydrogen-bond acceptors (Lipinski definition) is 2. The van der Waals surface area contributed by atoms with Crippen molar-refractivity contribution >= 4 is 17.3 Å². The Kier molecular flexibility index (Phi) is 5.33. The van der Waals surface area contributed by atoms with E-state index in [0.717, 1.165) is 29.7 Å².